The van der Waals surface area contributed by atoms with Crippen LogP contribution in [0.2, 0.25) is 0 Å². The predicted octanol–water partition coefficient (Wildman–Crippen LogP) is 7.49. The SMILES string of the molecule is O=C(O)CCCc1ccc(C(F)(F)Cc2cc(F)ccc2-c2ccc(SC3CC3)cc2)cc1. The Morgan fingerprint density at radius 3 is 2.33 bits per heavy atom. The number of halogens is 3. The zero-order chi connectivity index (χ0) is 23.4. The van der Waals surface area contributed by atoms with Gasteiger partial charge in [-0.1, -0.05) is 42.5 Å². The van der Waals surface area contributed by atoms with Gasteiger partial charge in [0.25, 0.3) is 5.92 Å². The third-order valence-corrected chi connectivity index (χ3v) is 7.05. The van der Waals surface area contributed by atoms with E-state index in [1.165, 1.54) is 37.1 Å². The first-order valence-electron chi connectivity index (χ1n) is 11.0. The van der Waals surface area contributed by atoms with Crippen molar-refractivity contribution in [3.63, 3.8) is 0 Å². The monoisotopic (exact) mass is 470 g/mol. The van der Waals surface area contributed by atoms with Crippen LogP contribution in [0.5, 0.6) is 0 Å². The van der Waals surface area contributed by atoms with E-state index in [4.69, 9.17) is 5.11 Å². The van der Waals surface area contributed by atoms with Crippen molar-refractivity contribution in [3.05, 3.63) is 89.2 Å². The van der Waals surface area contributed by atoms with Crippen LogP contribution in [0.3, 0.4) is 0 Å². The summed E-state index contributed by atoms with van der Waals surface area (Å²) in [6.07, 6.45) is 2.86. The normalized spacial score (nSPS) is 13.8. The molecule has 3 aromatic rings. The van der Waals surface area contributed by atoms with E-state index in [9.17, 15) is 9.18 Å². The van der Waals surface area contributed by atoms with Crippen LogP contribution in [0, 0.1) is 5.82 Å². The molecule has 1 aliphatic rings. The Balaban J connectivity index is 1.51. The second-order valence-corrected chi connectivity index (χ2v) is 9.84. The first kappa shape index (κ1) is 23.4. The Bertz CT molecular complexity index is 1110. The minimum atomic E-state index is -3.18. The van der Waals surface area contributed by atoms with Crippen molar-refractivity contribution < 1.29 is 23.1 Å². The van der Waals surface area contributed by atoms with E-state index in [2.05, 4.69) is 0 Å². The molecule has 0 heterocycles. The average Bonchev–Trinajstić information content (AvgIpc) is 3.59. The van der Waals surface area contributed by atoms with E-state index < -0.39 is 24.1 Å². The Morgan fingerprint density at radius 2 is 1.70 bits per heavy atom. The maximum Gasteiger partial charge on any atom is 0.303 e. The summed E-state index contributed by atoms with van der Waals surface area (Å²) in [4.78, 5) is 11.8. The van der Waals surface area contributed by atoms with Gasteiger partial charge in [-0.25, -0.2) is 13.2 Å². The Hall–Kier alpha value is -2.73. The van der Waals surface area contributed by atoms with Gasteiger partial charge >= 0.3 is 5.97 Å². The van der Waals surface area contributed by atoms with Gasteiger partial charge in [-0.05, 0) is 72.2 Å². The topological polar surface area (TPSA) is 37.3 Å². The zero-order valence-electron chi connectivity index (χ0n) is 18.1. The molecule has 0 saturated heterocycles. The van der Waals surface area contributed by atoms with E-state index >= 15 is 8.78 Å². The molecule has 0 radical (unpaired) electrons. The highest BCUT2D eigenvalue weighted by molar-refractivity contribution is 8.00. The summed E-state index contributed by atoms with van der Waals surface area (Å²) in [5, 5.41) is 9.41. The van der Waals surface area contributed by atoms with Crippen molar-refractivity contribution in [1.29, 1.82) is 0 Å². The molecule has 1 saturated carbocycles. The number of carboxylic acid groups (broad SMARTS) is 1. The summed E-state index contributed by atoms with van der Waals surface area (Å²) >= 11 is 1.83. The van der Waals surface area contributed by atoms with Gasteiger partial charge in [-0.15, -0.1) is 11.8 Å². The molecular formula is C27H25F3O2S. The van der Waals surface area contributed by atoms with Gasteiger partial charge in [-0.2, -0.15) is 0 Å². The molecule has 3 aromatic carbocycles. The first-order valence-corrected chi connectivity index (χ1v) is 11.9. The highest BCUT2D eigenvalue weighted by atomic mass is 32.2. The fourth-order valence-electron chi connectivity index (χ4n) is 3.78. The average molecular weight is 471 g/mol. The minimum Gasteiger partial charge on any atom is -0.481 e. The van der Waals surface area contributed by atoms with E-state index in [0.717, 1.165) is 16.0 Å². The summed E-state index contributed by atoms with van der Waals surface area (Å²) in [6.45, 7) is 0. The molecule has 1 N–H and O–H groups in total. The molecule has 1 fully saturated rings. The van der Waals surface area contributed by atoms with Crippen molar-refractivity contribution in [2.45, 2.75) is 54.6 Å². The van der Waals surface area contributed by atoms with Crippen molar-refractivity contribution in [3.8, 4) is 11.1 Å². The number of hydrogen-bond acceptors (Lipinski definition) is 2. The van der Waals surface area contributed by atoms with E-state index in [1.807, 2.05) is 36.0 Å². The van der Waals surface area contributed by atoms with Gasteiger partial charge in [0.05, 0.1) is 0 Å². The molecule has 172 valence electrons. The third kappa shape index (κ3) is 6.41. The summed E-state index contributed by atoms with van der Waals surface area (Å²) in [5.41, 5.74) is 2.31. The number of hydrogen-bond donors (Lipinski definition) is 1. The highest BCUT2D eigenvalue weighted by Crippen LogP contribution is 2.40. The molecule has 0 spiro atoms. The third-order valence-electron chi connectivity index (χ3n) is 5.70. The Kier molecular flexibility index (Phi) is 7.13. The van der Waals surface area contributed by atoms with Crippen LogP contribution >= 0.6 is 11.8 Å². The zero-order valence-corrected chi connectivity index (χ0v) is 18.9. The van der Waals surface area contributed by atoms with E-state index in [1.54, 1.807) is 18.2 Å². The number of aliphatic carboxylic acids is 1. The molecule has 0 amide bonds. The van der Waals surface area contributed by atoms with Gasteiger partial charge in [-0.3, -0.25) is 4.79 Å². The number of alkyl halides is 2. The van der Waals surface area contributed by atoms with E-state index in [-0.39, 0.29) is 17.5 Å². The van der Waals surface area contributed by atoms with Gasteiger partial charge in [0.2, 0.25) is 0 Å². The number of carbonyl (C=O) groups is 1. The van der Waals surface area contributed by atoms with Crippen LogP contribution in [0.15, 0.2) is 71.6 Å². The Morgan fingerprint density at radius 1 is 1.00 bits per heavy atom. The van der Waals surface area contributed by atoms with Crippen LogP contribution in [0.4, 0.5) is 13.2 Å². The molecule has 4 rings (SSSR count). The molecule has 0 aliphatic heterocycles. The second-order valence-electron chi connectivity index (χ2n) is 8.47. The summed E-state index contributed by atoms with van der Waals surface area (Å²) < 4.78 is 44.3. The smallest absolute Gasteiger partial charge is 0.303 e. The standard InChI is InChI=1S/C27H25F3O2S/c28-22-10-15-25(19-6-11-23(12-7-19)33-24-13-14-24)20(16-22)17-27(29,30)21-8-4-18(5-9-21)2-1-3-26(31)32/h4-12,15-16,24H,1-3,13-14,17H2,(H,31,32). The molecule has 6 heteroatoms. The van der Waals surface area contributed by atoms with Gasteiger partial charge < -0.3 is 5.11 Å². The molecule has 33 heavy (non-hydrogen) atoms. The van der Waals surface area contributed by atoms with Crippen LogP contribution in [-0.4, -0.2) is 16.3 Å². The molecule has 0 bridgehead atoms. The highest BCUT2D eigenvalue weighted by Gasteiger charge is 2.33. The molecular weight excluding hydrogens is 445 g/mol. The number of rotatable bonds is 10. The number of aryl methyl sites for hydroxylation is 1. The molecule has 2 nitrogen and oxygen atoms in total. The van der Waals surface area contributed by atoms with Crippen molar-refractivity contribution >= 4 is 17.7 Å². The molecule has 0 atom stereocenters. The quantitative estimate of drug-likeness (QED) is 0.334. The van der Waals surface area contributed by atoms with E-state index in [0.29, 0.717) is 23.7 Å². The lowest BCUT2D eigenvalue weighted by Crippen LogP contribution is -2.17. The lowest BCUT2D eigenvalue weighted by atomic mass is 9.92. The number of thioether (sulfide) groups is 1. The molecule has 0 unspecified atom stereocenters. The van der Waals surface area contributed by atoms with Crippen LogP contribution < -0.4 is 0 Å². The van der Waals surface area contributed by atoms with Crippen molar-refractivity contribution in [2.24, 2.45) is 0 Å². The second kappa shape index (κ2) is 10.0. The van der Waals surface area contributed by atoms with Crippen molar-refractivity contribution in [1.82, 2.24) is 0 Å². The van der Waals surface area contributed by atoms with Crippen LogP contribution in [0.1, 0.15) is 42.4 Å². The predicted molar refractivity (Wildman–Crippen MR) is 125 cm³/mol. The number of carboxylic acids is 1. The fraction of sp³-hybridized carbons (Fsp3) is 0.296. The van der Waals surface area contributed by atoms with Crippen LogP contribution in [-0.2, 0) is 23.6 Å². The number of benzene rings is 3. The minimum absolute atomic E-state index is 0.0422. The largest absolute Gasteiger partial charge is 0.481 e. The lowest BCUT2D eigenvalue weighted by Gasteiger charge is -2.20. The maximum absolute atomic E-state index is 15.2. The Labute approximate surface area is 195 Å². The van der Waals surface area contributed by atoms with Gasteiger partial charge in [0.15, 0.2) is 0 Å². The van der Waals surface area contributed by atoms with Gasteiger partial charge in [0, 0.05) is 28.6 Å². The first-order chi connectivity index (χ1) is 15.8. The summed E-state index contributed by atoms with van der Waals surface area (Å²) in [7, 11) is 0. The lowest BCUT2D eigenvalue weighted by molar-refractivity contribution is -0.137. The fourth-order valence-corrected chi connectivity index (χ4v) is 4.83. The maximum atomic E-state index is 15.2. The molecule has 1 aliphatic carbocycles. The summed E-state index contributed by atoms with van der Waals surface area (Å²) in [6, 6.07) is 17.8. The molecule has 0 aromatic heterocycles. The van der Waals surface area contributed by atoms with Gasteiger partial charge in [0.1, 0.15) is 5.82 Å². The summed E-state index contributed by atoms with van der Waals surface area (Å²) in [5.74, 6) is -4.59. The van der Waals surface area contributed by atoms with Crippen LogP contribution in [0.25, 0.3) is 11.1 Å². The van der Waals surface area contributed by atoms with Crippen molar-refractivity contribution in [2.75, 3.05) is 0 Å².